The lowest BCUT2D eigenvalue weighted by Crippen LogP contribution is -2.57. The Morgan fingerprint density at radius 2 is 1.64 bits per heavy atom. The highest BCUT2D eigenvalue weighted by Gasteiger charge is 2.49. The predicted molar refractivity (Wildman–Crippen MR) is 99.6 cm³/mol. The number of carbonyl (C=O) groups is 1. The van der Waals surface area contributed by atoms with E-state index in [0.29, 0.717) is 21.8 Å². The molecule has 1 saturated heterocycles. The minimum Gasteiger partial charge on any atom is -0.459 e. The maximum Gasteiger partial charge on any atom is 0.349 e. The molecule has 4 nitrogen and oxygen atoms in total. The highest BCUT2D eigenvalue weighted by Crippen LogP contribution is 2.40. The van der Waals surface area contributed by atoms with Crippen LogP contribution in [0.15, 0.2) is 47.2 Å². The van der Waals surface area contributed by atoms with Crippen LogP contribution in [0.3, 0.4) is 0 Å². The molecule has 0 radical (unpaired) electrons. The van der Waals surface area contributed by atoms with Gasteiger partial charge in [0, 0.05) is 12.8 Å². The van der Waals surface area contributed by atoms with Crippen molar-refractivity contribution in [2.45, 2.75) is 36.6 Å². The van der Waals surface area contributed by atoms with E-state index in [1.807, 2.05) is 22.9 Å². The Balaban J connectivity index is 1.57. The molecule has 2 aliphatic rings. The molecule has 0 spiro atoms. The van der Waals surface area contributed by atoms with Gasteiger partial charge in [-0.3, -0.25) is 0 Å². The van der Waals surface area contributed by atoms with Gasteiger partial charge in [0.1, 0.15) is 18.2 Å². The summed E-state index contributed by atoms with van der Waals surface area (Å²) in [6.45, 7) is 0. The molecule has 1 N–H and O–H groups in total. The number of rotatable bonds is 4. The molecule has 2 bridgehead atoms. The number of hydrogen-bond acceptors (Lipinski definition) is 5. The van der Waals surface area contributed by atoms with Crippen molar-refractivity contribution in [2.75, 3.05) is 14.1 Å². The zero-order valence-corrected chi connectivity index (χ0v) is 15.9. The van der Waals surface area contributed by atoms with Crippen LogP contribution in [0.1, 0.15) is 22.6 Å². The molecule has 0 amide bonds. The van der Waals surface area contributed by atoms with Crippen molar-refractivity contribution in [1.82, 2.24) is 0 Å². The number of carbonyl (C=O) groups excluding carboxylic acids is 1. The Kier molecular flexibility index (Phi) is 4.11. The third kappa shape index (κ3) is 2.68. The van der Waals surface area contributed by atoms with Crippen molar-refractivity contribution >= 4 is 28.6 Å². The lowest BCUT2D eigenvalue weighted by Gasteiger charge is -2.44. The zero-order chi connectivity index (χ0) is 17.7. The number of ether oxygens (including phenoxy) is 1. The Morgan fingerprint density at radius 1 is 1.12 bits per heavy atom. The van der Waals surface area contributed by atoms with Gasteiger partial charge in [-0.05, 0) is 35.0 Å². The van der Waals surface area contributed by atoms with Crippen molar-refractivity contribution in [2.24, 2.45) is 0 Å². The predicted octanol–water partition coefficient (Wildman–Crippen LogP) is 3.13. The molecule has 0 aliphatic carbocycles. The molecule has 132 valence electrons. The average Bonchev–Trinajstić information content (AvgIpc) is 3.29. The van der Waals surface area contributed by atoms with Gasteiger partial charge in [-0.15, -0.1) is 22.7 Å². The second-order valence-electron chi connectivity index (χ2n) is 7.31. The van der Waals surface area contributed by atoms with E-state index < -0.39 is 11.6 Å². The quantitative estimate of drug-likeness (QED) is 0.507. The summed E-state index contributed by atoms with van der Waals surface area (Å²) in [5.41, 5.74) is -1.71. The van der Waals surface area contributed by atoms with Crippen LogP contribution in [0.5, 0.6) is 0 Å². The molecule has 0 aromatic carbocycles. The average molecular weight is 377 g/mol. The fourth-order valence-electron chi connectivity index (χ4n) is 3.91. The topological polar surface area (TPSA) is 46.5 Å². The Bertz CT molecular complexity index is 727. The Labute approximate surface area is 155 Å². The maximum absolute atomic E-state index is 13.0. The van der Waals surface area contributed by atoms with Crippen LogP contribution < -0.4 is 0 Å². The molecule has 2 aromatic heterocycles. The zero-order valence-electron chi connectivity index (χ0n) is 14.3. The Morgan fingerprint density at radius 3 is 2.08 bits per heavy atom. The lowest BCUT2D eigenvalue weighted by molar-refractivity contribution is -0.926. The highest BCUT2D eigenvalue weighted by molar-refractivity contribution is 7.12. The fraction of sp³-hybridized carbons (Fsp3) is 0.421. The van der Waals surface area contributed by atoms with Crippen molar-refractivity contribution < 1.29 is 19.1 Å². The molecule has 25 heavy (non-hydrogen) atoms. The highest BCUT2D eigenvalue weighted by atomic mass is 32.1. The number of esters is 1. The van der Waals surface area contributed by atoms with Gasteiger partial charge in [0.05, 0.1) is 23.8 Å². The van der Waals surface area contributed by atoms with Crippen LogP contribution in [0.4, 0.5) is 0 Å². The molecular weight excluding hydrogens is 354 g/mol. The van der Waals surface area contributed by atoms with Gasteiger partial charge >= 0.3 is 5.97 Å². The van der Waals surface area contributed by atoms with Gasteiger partial charge in [-0.1, -0.05) is 12.1 Å². The number of fused-ring (bicyclic) bond motifs is 2. The van der Waals surface area contributed by atoms with Crippen molar-refractivity contribution in [1.29, 1.82) is 0 Å². The smallest absolute Gasteiger partial charge is 0.349 e. The first-order chi connectivity index (χ1) is 11.9. The maximum atomic E-state index is 13.0. The summed E-state index contributed by atoms with van der Waals surface area (Å²) in [7, 11) is 4.45. The van der Waals surface area contributed by atoms with Crippen molar-refractivity contribution in [3.05, 3.63) is 56.9 Å². The van der Waals surface area contributed by atoms with Gasteiger partial charge in [0.2, 0.25) is 5.60 Å². The second kappa shape index (κ2) is 6.06. The first-order valence-corrected chi connectivity index (χ1v) is 10.2. The van der Waals surface area contributed by atoms with E-state index in [4.69, 9.17) is 4.74 Å². The van der Waals surface area contributed by atoms with E-state index in [-0.39, 0.29) is 6.10 Å². The molecular formula is C19H22NO3S2+. The largest absolute Gasteiger partial charge is 0.459 e. The summed E-state index contributed by atoms with van der Waals surface area (Å²) in [4.78, 5) is 14.2. The Hall–Kier alpha value is -1.47. The summed E-state index contributed by atoms with van der Waals surface area (Å²) < 4.78 is 6.78. The first-order valence-electron chi connectivity index (χ1n) is 8.45. The van der Waals surface area contributed by atoms with Crippen molar-refractivity contribution in [3.8, 4) is 0 Å². The number of likely N-dealkylation sites (N-methyl/N-ethyl adjacent to an activating group) is 1. The molecule has 0 saturated carbocycles. The molecule has 4 rings (SSSR count). The number of piperidine rings is 1. The molecule has 0 unspecified atom stereocenters. The number of nitrogens with zero attached hydrogens (tertiary/aromatic N) is 1. The summed E-state index contributed by atoms with van der Waals surface area (Å²) in [5, 5.41) is 15.0. The second-order valence-corrected chi connectivity index (χ2v) is 9.21. The van der Waals surface area contributed by atoms with Crippen LogP contribution >= 0.6 is 22.7 Å². The third-order valence-electron chi connectivity index (χ3n) is 5.60. The summed E-state index contributed by atoms with van der Waals surface area (Å²) in [5.74, 6) is -0.561. The van der Waals surface area contributed by atoms with Gasteiger partial charge in [-0.2, -0.15) is 0 Å². The standard InChI is InChI=1S/C19H22NO3S2/c1-20(2)13-7-8-14(20)12-15(11-13)23-18(21)19(22,16-5-3-9-24-16)17-6-4-10-25-17/h3-10,13-15,22H,11-12H2,1-2H3/q+1/t13-,14+,15+. The number of aliphatic hydroxyl groups is 1. The van der Waals surface area contributed by atoms with Crippen LogP contribution in [0, 0.1) is 0 Å². The molecule has 6 heteroatoms. The van der Waals surface area contributed by atoms with Crippen LogP contribution in [-0.4, -0.2) is 47.8 Å². The molecule has 3 atom stereocenters. The fourth-order valence-corrected chi connectivity index (χ4v) is 5.62. The van der Waals surface area contributed by atoms with E-state index in [0.717, 1.165) is 17.3 Å². The number of quaternary nitrogens is 1. The number of thiophene rings is 2. The molecule has 2 aromatic rings. The van der Waals surface area contributed by atoms with Crippen LogP contribution in [0.2, 0.25) is 0 Å². The molecule has 1 fully saturated rings. The summed E-state index contributed by atoms with van der Waals surface area (Å²) in [6.07, 6.45) is 5.93. The van der Waals surface area contributed by atoms with Gasteiger partial charge < -0.3 is 14.3 Å². The van der Waals surface area contributed by atoms with E-state index in [2.05, 4.69) is 26.2 Å². The summed E-state index contributed by atoms with van der Waals surface area (Å²) in [6, 6.07) is 8.00. The monoisotopic (exact) mass is 376 g/mol. The van der Waals surface area contributed by atoms with Crippen molar-refractivity contribution in [3.63, 3.8) is 0 Å². The number of hydrogen-bond donors (Lipinski definition) is 1. The first kappa shape index (κ1) is 17.0. The van der Waals surface area contributed by atoms with E-state index in [9.17, 15) is 9.90 Å². The third-order valence-corrected chi connectivity index (χ3v) is 7.56. The molecule has 4 heterocycles. The van der Waals surface area contributed by atoms with Gasteiger partial charge in [0.15, 0.2) is 0 Å². The van der Waals surface area contributed by atoms with E-state index in [1.165, 1.54) is 22.7 Å². The van der Waals surface area contributed by atoms with E-state index in [1.54, 1.807) is 12.1 Å². The minimum atomic E-state index is -1.71. The summed E-state index contributed by atoms with van der Waals surface area (Å²) >= 11 is 2.74. The van der Waals surface area contributed by atoms with Gasteiger partial charge in [-0.25, -0.2) is 4.79 Å². The minimum absolute atomic E-state index is 0.157. The lowest BCUT2D eigenvalue weighted by atomic mass is 9.95. The van der Waals surface area contributed by atoms with Gasteiger partial charge in [0.25, 0.3) is 0 Å². The van der Waals surface area contributed by atoms with E-state index >= 15 is 0 Å². The van der Waals surface area contributed by atoms with Crippen LogP contribution in [-0.2, 0) is 15.1 Å². The normalized spacial score (nSPS) is 27.4. The SMILES string of the molecule is C[N+]1(C)[C@@H]2C=C[C@H]1C[C@@H](OC(=O)C(O)(c1cccs1)c1cccs1)C2. The van der Waals surface area contributed by atoms with Crippen LogP contribution in [0.25, 0.3) is 0 Å². The molecule has 2 aliphatic heterocycles.